The van der Waals surface area contributed by atoms with E-state index >= 15 is 0 Å². The van der Waals surface area contributed by atoms with Gasteiger partial charge in [-0.25, -0.2) is 4.39 Å². The lowest BCUT2D eigenvalue weighted by atomic mass is 10.2. The van der Waals surface area contributed by atoms with E-state index in [2.05, 4.69) is 0 Å². The average molecular weight is 336 g/mol. The van der Waals surface area contributed by atoms with Crippen molar-refractivity contribution in [1.82, 2.24) is 9.80 Å². The molecular weight excluding hydrogens is 315 g/mol. The Balaban J connectivity index is 1.69. The van der Waals surface area contributed by atoms with Crippen LogP contribution in [0, 0.1) is 5.82 Å². The zero-order chi connectivity index (χ0) is 16.4. The van der Waals surface area contributed by atoms with Gasteiger partial charge in [0.15, 0.2) is 0 Å². The van der Waals surface area contributed by atoms with Crippen molar-refractivity contribution in [2.45, 2.75) is 36.8 Å². The second kappa shape index (κ2) is 6.91. The van der Waals surface area contributed by atoms with Crippen LogP contribution in [0.1, 0.15) is 37.1 Å². The Bertz CT molecular complexity index is 604. The Labute approximate surface area is 140 Å². The van der Waals surface area contributed by atoms with Crippen LogP contribution in [0.15, 0.2) is 24.3 Å². The van der Waals surface area contributed by atoms with Crippen LogP contribution in [-0.4, -0.2) is 46.5 Å². The maximum Gasteiger partial charge on any atom is 0.236 e. The van der Waals surface area contributed by atoms with Crippen LogP contribution < -0.4 is 0 Å². The van der Waals surface area contributed by atoms with Gasteiger partial charge in [0.05, 0.1) is 5.25 Å². The lowest BCUT2D eigenvalue weighted by molar-refractivity contribution is -0.133. The molecule has 0 N–H and O–H groups in total. The predicted octanol–water partition coefficient (Wildman–Crippen LogP) is 2.80. The Morgan fingerprint density at radius 3 is 2.78 bits per heavy atom. The summed E-state index contributed by atoms with van der Waals surface area (Å²) in [5.74, 6) is -0.167. The molecule has 2 saturated heterocycles. The van der Waals surface area contributed by atoms with Crippen LogP contribution in [0.5, 0.6) is 0 Å². The molecule has 2 aliphatic heterocycles. The summed E-state index contributed by atoms with van der Waals surface area (Å²) in [7, 11) is 0. The standard InChI is InChI=1S/C17H21FN2O2S/c1-12-16(22)20(10-7-15(21)19-8-2-3-9-19)17(23-12)13-5-4-6-14(18)11-13/h4-6,11-12,17H,2-3,7-10H2,1H3/t12-,17+/m1/s1. The molecule has 0 aromatic heterocycles. The molecule has 0 bridgehead atoms. The zero-order valence-electron chi connectivity index (χ0n) is 13.2. The molecule has 2 atom stereocenters. The zero-order valence-corrected chi connectivity index (χ0v) is 14.0. The molecule has 0 spiro atoms. The predicted molar refractivity (Wildman–Crippen MR) is 88.3 cm³/mol. The Morgan fingerprint density at radius 2 is 2.09 bits per heavy atom. The van der Waals surface area contributed by atoms with Gasteiger partial charge in [-0.3, -0.25) is 9.59 Å². The van der Waals surface area contributed by atoms with Gasteiger partial charge in [-0.05, 0) is 37.5 Å². The topological polar surface area (TPSA) is 40.6 Å². The minimum absolute atomic E-state index is 0.0264. The minimum atomic E-state index is -0.303. The molecule has 124 valence electrons. The van der Waals surface area contributed by atoms with Crippen LogP contribution in [0.4, 0.5) is 4.39 Å². The summed E-state index contributed by atoms with van der Waals surface area (Å²) in [6.45, 7) is 3.91. The normalized spacial score (nSPS) is 24.5. The quantitative estimate of drug-likeness (QED) is 0.849. The van der Waals surface area contributed by atoms with Crippen molar-refractivity contribution in [2.75, 3.05) is 19.6 Å². The SMILES string of the molecule is C[C@H]1S[C@@H](c2cccc(F)c2)N(CCC(=O)N2CCCC2)C1=O. The van der Waals surface area contributed by atoms with Gasteiger partial charge in [0, 0.05) is 26.1 Å². The lowest BCUT2D eigenvalue weighted by Crippen LogP contribution is -2.35. The minimum Gasteiger partial charge on any atom is -0.343 e. The van der Waals surface area contributed by atoms with Gasteiger partial charge in [-0.15, -0.1) is 11.8 Å². The smallest absolute Gasteiger partial charge is 0.236 e. The summed E-state index contributed by atoms with van der Waals surface area (Å²) in [5, 5.41) is -0.371. The molecule has 4 nitrogen and oxygen atoms in total. The third-order valence-electron chi connectivity index (χ3n) is 4.41. The van der Waals surface area contributed by atoms with E-state index in [0.29, 0.717) is 13.0 Å². The number of thioether (sulfide) groups is 1. The first-order valence-electron chi connectivity index (χ1n) is 8.05. The molecule has 6 heteroatoms. The number of hydrogen-bond acceptors (Lipinski definition) is 3. The van der Waals surface area contributed by atoms with Crippen molar-refractivity contribution in [3.05, 3.63) is 35.6 Å². The molecule has 3 rings (SSSR count). The van der Waals surface area contributed by atoms with Gasteiger partial charge in [0.2, 0.25) is 11.8 Å². The number of carbonyl (C=O) groups excluding carboxylic acids is 2. The molecule has 23 heavy (non-hydrogen) atoms. The highest BCUT2D eigenvalue weighted by molar-refractivity contribution is 8.01. The van der Waals surface area contributed by atoms with Crippen molar-refractivity contribution >= 4 is 23.6 Å². The largest absolute Gasteiger partial charge is 0.343 e. The Morgan fingerprint density at radius 1 is 1.35 bits per heavy atom. The number of carbonyl (C=O) groups is 2. The molecule has 2 aliphatic rings. The van der Waals surface area contributed by atoms with Gasteiger partial charge in [-0.2, -0.15) is 0 Å². The van der Waals surface area contributed by atoms with E-state index in [0.717, 1.165) is 31.5 Å². The van der Waals surface area contributed by atoms with Crippen molar-refractivity contribution in [3.8, 4) is 0 Å². The highest BCUT2D eigenvalue weighted by atomic mass is 32.2. The van der Waals surface area contributed by atoms with Gasteiger partial charge in [-0.1, -0.05) is 12.1 Å². The van der Waals surface area contributed by atoms with E-state index < -0.39 is 0 Å². The van der Waals surface area contributed by atoms with E-state index in [1.165, 1.54) is 23.9 Å². The third-order valence-corrected chi connectivity index (χ3v) is 5.80. The van der Waals surface area contributed by atoms with Crippen molar-refractivity contribution in [2.24, 2.45) is 0 Å². The van der Waals surface area contributed by atoms with E-state index in [9.17, 15) is 14.0 Å². The molecule has 1 aromatic carbocycles. The molecule has 0 radical (unpaired) electrons. The van der Waals surface area contributed by atoms with Gasteiger partial charge < -0.3 is 9.80 Å². The van der Waals surface area contributed by atoms with Crippen LogP contribution >= 0.6 is 11.8 Å². The van der Waals surface area contributed by atoms with E-state index in [-0.39, 0.29) is 28.3 Å². The summed E-state index contributed by atoms with van der Waals surface area (Å²) in [5.41, 5.74) is 0.779. The monoisotopic (exact) mass is 336 g/mol. The van der Waals surface area contributed by atoms with Crippen molar-refractivity contribution in [1.29, 1.82) is 0 Å². The number of amides is 2. The molecule has 2 fully saturated rings. The molecule has 0 saturated carbocycles. The summed E-state index contributed by atoms with van der Waals surface area (Å²) >= 11 is 1.51. The van der Waals surface area contributed by atoms with Gasteiger partial charge in [0.1, 0.15) is 11.2 Å². The number of nitrogens with zero attached hydrogens (tertiary/aromatic N) is 2. The van der Waals surface area contributed by atoms with E-state index in [4.69, 9.17) is 0 Å². The number of benzene rings is 1. The molecule has 2 amide bonds. The van der Waals surface area contributed by atoms with Crippen molar-refractivity contribution < 1.29 is 14.0 Å². The van der Waals surface area contributed by atoms with E-state index in [1.54, 1.807) is 11.0 Å². The summed E-state index contributed by atoms with van der Waals surface area (Å²) in [6.07, 6.45) is 2.46. The Hall–Kier alpha value is -1.56. The van der Waals surface area contributed by atoms with Crippen LogP contribution in [0.25, 0.3) is 0 Å². The summed E-state index contributed by atoms with van der Waals surface area (Å²) in [4.78, 5) is 28.2. The average Bonchev–Trinajstić information content (AvgIpc) is 3.15. The number of rotatable bonds is 4. The first-order chi connectivity index (χ1) is 11.1. The Kier molecular flexibility index (Phi) is 4.90. The second-order valence-corrected chi connectivity index (χ2v) is 7.48. The number of halogens is 1. The highest BCUT2D eigenvalue weighted by Crippen LogP contribution is 2.43. The molecule has 2 heterocycles. The highest BCUT2D eigenvalue weighted by Gasteiger charge is 2.38. The maximum absolute atomic E-state index is 13.5. The molecule has 0 aliphatic carbocycles. The molecular formula is C17H21FN2O2S. The maximum atomic E-state index is 13.5. The fraction of sp³-hybridized carbons (Fsp3) is 0.529. The van der Waals surface area contributed by atoms with Crippen LogP contribution in [0.3, 0.4) is 0 Å². The fourth-order valence-corrected chi connectivity index (χ4v) is 4.46. The molecule has 1 aromatic rings. The first kappa shape index (κ1) is 16.3. The molecule has 0 unspecified atom stereocenters. The summed E-state index contributed by atoms with van der Waals surface area (Å²) < 4.78 is 13.5. The summed E-state index contributed by atoms with van der Waals surface area (Å²) in [6, 6.07) is 6.36. The van der Waals surface area contributed by atoms with Crippen LogP contribution in [0.2, 0.25) is 0 Å². The van der Waals surface area contributed by atoms with Crippen molar-refractivity contribution in [3.63, 3.8) is 0 Å². The van der Waals surface area contributed by atoms with E-state index in [1.807, 2.05) is 17.9 Å². The first-order valence-corrected chi connectivity index (χ1v) is 9.00. The number of likely N-dealkylation sites (tertiary alicyclic amines) is 1. The van der Waals surface area contributed by atoms with Crippen LogP contribution in [-0.2, 0) is 9.59 Å². The second-order valence-electron chi connectivity index (χ2n) is 6.06. The lowest BCUT2D eigenvalue weighted by Gasteiger charge is -2.25. The van der Waals surface area contributed by atoms with Gasteiger partial charge in [0.25, 0.3) is 0 Å². The number of hydrogen-bond donors (Lipinski definition) is 0. The van der Waals surface area contributed by atoms with Gasteiger partial charge >= 0.3 is 0 Å². The fourth-order valence-electron chi connectivity index (χ4n) is 3.16. The third kappa shape index (κ3) is 3.52.